The van der Waals surface area contributed by atoms with E-state index in [1.165, 1.54) is 13.0 Å². The van der Waals surface area contributed by atoms with Crippen molar-refractivity contribution < 1.29 is 14.4 Å². The van der Waals surface area contributed by atoms with Crippen LogP contribution in [-0.4, -0.2) is 24.3 Å². The van der Waals surface area contributed by atoms with Crippen LogP contribution in [0.4, 0.5) is 11.4 Å². The molecule has 0 aliphatic carbocycles. The Hall–Kier alpha value is -3.41. The molecule has 0 saturated carbocycles. The van der Waals surface area contributed by atoms with Crippen LogP contribution in [0.2, 0.25) is 0 Å². The maximum atomic E-state index is 12.3. The van der Waals surface area contributed by atoms with Gasteiger partial charge in [-0.05, 0) is 41.8 Å². The summed E-state index contributed by atoms with van der Waals surface area (Å²) < 4.78 is 0. The van der Waals surface area contributed by atoms with Gasteiger partial charge in [0.1, 0.15) is 0 Å². The van der Waals surface area contributed by atoms with Crippen LogP contribution in [0.15, 0.2) is 54.6 Å². The van der Waals surface area contributed by atoms with Crippen molar-refractivity contribution >= 4 is 35.2 Å². The Morgan fingerprint density at radius 3 is 2.29 bits per heavy atom. The highest BCUT2D eigenvalue weighted by Gasteiger charge is 2.12. The highest BCUT2D eigenvalue weighted by Crippen LogP contribution is 2.16. The predicted molar refractivity (Wildman–Crippen MR) is 112 cm³/mol. The molecule has 2 aromatic carbocycles. The van der Waals surface area contributed by atoms with Crippen molar-refractivity contribution in [3.05, 3.63) is 65.7 Å². The van der Waals surface area contributed by atoms with E-state index in [0.29, 0.717) is 29.4 Å². The number of carbonyl (C=O) groups excluding carboxylic acids is 3. The standard InChI is InChI=1S/C22H25N3O3/c1-15(2)14-23-22(28)19-6-4-5-7-20(19)25-21(27)13-10-17-8-11-18(12-9-17)24-16(3)26/h4-13,15H,14H2,1-3H3,(H,23,28)(H,24,26)(H,25,27)/b13-10+. The van der Waals surface area contributed by atoms with Gasteiger partial charge in [0, 0.05) is 25.2 Å². The van der Waals surface area contributed by atoms with Crippen LogP contribution in [0.1, 0.15) is 36.7 Å². The minimum atomic E-state index is -0.338. The van der Waals surface area contributed by atoms with Gasteiger partial charge >= 0.3 is 0 Å². The monoisotopic (exact) mass is 379 g/mol. The van der Waals surface area contributed by atoms with Gasteiger partial charge < -0.3 is 16.0 Å². The topological polar surface area (TPSA) is 87.3 Å². The molecule has 0 atom stereocenters. The van der Waals surface area contributed by atoms with Crippen LogP contribution < -0.4 is 16.0 Å². The number of para-hydroxylation sites is 1. The van der Waals surface area contributed by atoms with Crippen molar-refractivity contribution in [2.75, 3.05) is 17.2 Å². The van der Waals surface area contributed by atoms with E-state index in [1.807, 2.05) is 13.8 Å². The van der Waals surface area contributed by atoms with E-state index in [2.05, 4.69) is 16.0 Å². The fourth-order valence-corrected chi connectivity index (χ4v) is 2.41. The number of benzene rings is 2. The Labute approximate surface area is 165 Å². The molecule has 3 amide bonds. The van der Waals surface area contributed by atoms with E-state index in [1.54, 1.807) is 54.6 Å². The maximum absolute atomic E-state index is 12.3. The molecule has 0 radical (unpaired) electrons. The number of rotatable bonds is 7. The zero-order valence-corrected chi connectivity index (χ0v) is 16.3. The van der Waals surface area contributed by atoms with Crippen molar-refractivity contribution in [1.82, 2.24) is 5.32 Å². The largest absolute Gasteiger partial charge is 0.352 e. The Balaban J connectivity index is 2.02. The molecule has 6 heteroatoms. The Bertz CT molecular complexity index is 871. The second-order valence-corrected chi connectivity index (χ2v) is 6.78. The van der Waals surface area contributed by atoms with Crippen LogP contribution >= 0.6 is 0 Å². The normalized spacial score (nSPS) is 10.7. The van der Waals surface area contributed by atoms with Gasteiger partial charge in [-0.2, -0.15) is 0 Å². The van der Waals surface area contributed by atoms with Gasteiger partial charge in [-0.15, -0.1) is 0 Å². The Kier molecular flexibility index (Phi) is 7.51. The van der Waals surface area contributed by atoms with E-state index in [0.717, 1.165) is 5.56 Å². The molecule has 3 N–H and O–H groups in total. The molecule has 0 aromatic heterocycles. The molecule has 0 heterocycles. The molecule has 0 unspecified atom stereocenters. The van der Waals surface area contributed by atoms with Crippen LogP contribution in [0, 0.1) is 5.92 Å². The summed E-state index contributed by atoms with van der Waals surface area (Å²) in [6, 6.07) is 14.0. The molecule has 0 bridgehead atoms. The van der Waals surface area contributed by atoms with E-state index < -0.39 is 0 Å². The molecule has 146 valence electrons. The number of carbonyl (C=O) groups is 3. The molecule has 28 heavy (non-hydrogen) atoms. The number of hydrogen-bond donors (Lipinski definition) is 3. The summed E-state index contributed by atoms with van der Waals surface area (Å²) in [5, 5.41) is 8.28. The lowest BCUT2D eigenvalue weighted by Crippen LogP contribution is -2.28. The van der Waals surface area contributed by atoms with Crippen LogP contribution in [0.25, 0.3) is 6.08 Å². The molecule has 2 aromatic rings. The van der Waals surface area contributed by atoms with E-state index in [9.17, 15) is 14.4 Å². The van der Waals surface area contributed by atoms with Crippen molar-refractivity contribution in [2.45, 2.75) is 20.8 Å². The lowest BCUT2D eigenvalue weighted by Gasteiger charge is -2.11. The second-order valence-electron chi connectivity index (χ2n) is 6.78. The second kappa shape index (κ2) is 10.1. The minimum absolute atomic E-state index is 0.140. The molecule has 0 aliphatic rings. The fourth-order valence-electron chi connectivity index (χ4n) is 2.41. The third-order valence-corrected chi connectivity index (χ3v) is 3.76. The third kappa shape index (κ3) is 6.72. The van der Waals surface area contributed by atoms with Crippen molar-refractivity contribution in [3.63, 3.8) is 0 Å². The maximum Gasteiger partial charge on any atom is 0.253 e. The Morgan fingerprint density at radius 2 is 1.64 bits per heavy atom. The predicted octanol–water partition coefficient (Wildman–Crippen LogP) is 3.68. The first-order valence-corrected chi connectivity index (χ1v) is 9.09. The van der Waals surface area contributed by atoms with Crippen molar-refractivity contribution in [2.24, 2.45) is 5.92 Å². The molecular formula is C22H25N3O3. The van der Waals surface area contributed by atoms with Gasteiger partial charge in [0.2, 0.25) is 11.8 Å². The fraction of sp³-hybridized carbons (Fsp3) is 0.227. The quantitative estimate of drug-likeness (QED) is 0.641. The molecule has 0 saturated heterocycles. The van der Waals surface area contributed by atoms with Crippen molar-refractivity contribution in [1.29, 1.82) is 0 Å². The number of hydrogen-bond acceptors (Lipinski definition) is 3. The summed E-state index contributed by atoms with van der Waals surface area (Å²) in [6.45, 7) is 6.04. The zero-order valence-electron chi connectivity index (χ0n) is 16.3. The lowest BCUT2D eigenvalue weighted by atomic mass is 10.1. The van der Waals surface area contributed by atoms with Gasteiger partial charge in [-0.1, -0.05) is 38.1 Å². The molecule has 0 fully saturated rings. The molecule has 6 nitrogen and oxygen atoms in total. The first kappa shape index (κ1) is 20.9. The van der Waals surface area contributed by atoms with Crippen molar-refractivity contribution in [3.8, 4) is 0 Å². The zero-order chi connectivity index (χ0) is 20.5. The number of anilines is 2. The highest BCUT2D eigenvalue weighted by atomic mass is 16.2. The van der Waals surface area contributed by atoms with Gasteiger partial charge in [-0.25, -0.2) is 0 Å². The summed E-state index contributed by atoms with van der Waals surface area (Å²) >= 11 is 0. The van der Waals surface area contributed by atoms with E-state index >= 15 is 0 Å². The average Bonchev–Trinajstić information content (AvgIpc) is 2.65. The molecule has 2 rings (SSSR count). The van der Waals surface area contributed by atoms with Crippen LogP contribution in [0.5, 0.6) is 0 Å². The van der Waals surface area contributed by atoms with E-state index in [4.69, 9.17) is 0 Å². The summed E-state index contributed by atoms with van der Waals surface area (Å²) in [7, 11) is 0. The summed E-state index contributed by atoms with van der Waals surface area (Å²) in [6.07, 6.45) is 3.06. The summed E-state index contributed by atoms with van der Waals surface area (Å²) in [4.78, 5) is 35.6. The van der Waals surface area contributed by atoms with Gasteiger partial charge in [0.15, 0.2) is 0 Å². The van der Waals surface area contributed by atoms with Gasteiger partial charge in [-0.3, -0.25) is 14.4 Å². The average molecular weight is 379 g/mol. The lowest BCUT2D eigenvalue weighted by molar-refractivity contribution is -0.114. The molecular weight excluding hydrogens is 354 g/mol. The minimum Gasteiger partial charge on any atom is -0.352 e. The van der Waals surface area contributed by atoms with Gasteiger partial charge in [0.25, 0.3) is 5.91 Å². The van der Waals surface area contributed by atoms with Crippen LogP contribution in [-0.2, 0) is 9.59 Å². The highest BCUT2D eigenvalue weighted by molar-refractivity contribution is 6.07. The Morgan fingerprint density at radius 1 is 0.964 bits per heavy atom. The molecule has 0 spiro atoms. The number of amides is 3. The summed E-state index contributed by atoms with van der Waals surface area (Å²) in [5.74, 6) is -0.360. The van der Waals surface area contributed by atoms with Gasteiger partial charge in [0.05, 0.1) is 11.3 Å². The van der Waals surface area contributed by atoms with E-state index in [-0.39, 0.29) is 17.7 Å². The van der Waals surface area contributed by atoms with Crippen LogP contribution in [0.3, 0.4) is 0 Å². The summed E-state index contributed by atoms with van der Waals surface area (Å²) in [5.41, 5.74) is 2.38. The SMILES string of the molecule is CC(=O)Nc1ccc(/C=C/C(=O)Nc2ccccc2C(=O)NCC(C)C)cc1. The first-order chi connectivity index (χ1) is 13.3. The first-order valence-electron chi connectivity index (χ1n) is 9.09. The smallest absolute Gasteiger partial charge is 0.253 e. The third-order valence-electron chi connectivity index (χ3n) is 3.76. The molecule has 0 aliphatic heterocycles. The number of nitrogens with one attached hydrogen (secondary N) is 3.